The van der Waals surface area contributed by atoms with E-state index in [4.69, 9.17) is 4.74 Å². The molecule has 0 spiro atoms. The van der Waals surface area contributed by atoms with Crippen molar-refractivity contribution in [2.24, 2.45) is 0 Å². The Hall–Kier alpha value is -8.14. The lowest BCUT2D eigenvalue weighted by Crippen LogP contribution is -2.16. The molecular weight excluding hydrogens is 777 g/mol. The van der Waals surface area contributed by atoms with Crippen LogP contribution in [0.4, 0.5) is 17.1 Å². The molecular formula is C61H42N2O. The molecule has 0 saturated carbocycles. The summed E-state index contributed by atoms with van der Waals surface area (Å²) in [4.78, 5) is 2.44. The van der Waals surface area contributed by atoms with E-state index < -0.39 is 0 Å². The van der Waals surface area contributed by atoms with Gasteiger partial charge in [-0.1, -0.05) is 159 Å². The number of anilines is 3. The molecule has 13 rings (SSSR count). The van der Waals surface area contributed by atoms with E-state index in [2.05, 4.69) is 236 Å². The third kappa shape index (κ3) is 5.47. The van der Waals surface area contributed by atoms with Crippen molar-refractivity contribution in [1.29, 1.82) is 0 Å². The summed E-state index contributed by atoms with van der Waals surface area (Å²) < 4.78 is 8.96. The van der Waals surface area contributed by atoms with Crippen molar-refractivity contribution in [2.75, 3.05) is 4.90 Å². The summed E-state index contributed by atoms with van der Waals surface area (Å²) in [6, 6.07) is 79.6. The molecule has 2 heterocycles. The average Bonchev–Trinajstić information content (AvgIpc) is 3.80. The quantitative estimate of drug-likeness (QED) is 0.166. The van der Waals surface area contributed by atoms with Crippen LogP contribution in [-0.2, 0) is 5.41 Å². The number of fused-ring (bicyclic) bond motifs is 8. The van der Waals surface area contributed by atoms with Gasteiger partial charge in [-0.25, -0.2) is 0 Å². The van der Waals surface area contributed by atoms with E-state index >= 15 is 0 Å². The molecule has 0 saturated heterocycles. The molecule has 302 valence electrons. The van der Waals surface area contributed by atoms with Crippen LogP contribution in [0.15, 0.2) is 218 Å². The molecule has 1 aliphatic heterocycles. The molecule has 0 radical (unpaired) electrons. The summed E-state index contributed by atoms with van der Waals surface area (Å²) in [5.74, 6) is 1.78. The molecule has 0 fully saturated rings. The van der Waals surface area contributed by atoms with Crippen molar-refractivity contribution < 1.29 is 4.74 Å². The summed E-state index contributed by atoms with van der Waals surface area (Å²) in [6.45, 7) is 4.71. The molecule has 3 nitrogen and oxygen atoms in total. The van der Waals surface area contributed by atoms with Gasteiger partial charge in [-0.2, -0.15) is 0 Å². The number of hydrogen-bond donors (Lipinski definition) is 0. The lowest BCUT2D eigenvalue weighted by molar-refractivity contribution is 0.487. The van der Waals surface area contributed by atoms with Gasteiger partial charge in [0.05, 0.1) is 16.7 Å². The molecule has 10 aromatic carbocycles. The first-order valence-corrected chi connectivity index (χ1v) is 22.2. The Bertz CT molecular complexity index is 3650. The van der Waals surface area contributed by atoms with Crippen LogP contribution in [0.25, 0.3) is 82.8 Å². The molecule has 11 aromatic rings. The Balaban J connectivity index is 0.935. The van der Waals surface area contributed by atoms with Crippen LogP contribution in [0, 0.1) is 0 Å². The number of ether oxygens (including phenoxy) is 1. The summed E-state index contributed by atoms with van der Waals surface area (Å²) in [7, 11) is 0. The van der Waals surface area contributed by atoms with Gasteiger partial charge in [-0.3, -0.25) is 0 Å². The summed E-state index contributed by atoms with van der Waals surface area (Å²) in [5, 5.41) is 4.76. The lowest BCUT2D eigenvalue weighted by atomic mass is 9.82. The average molecular weight is 819 g/mol. The Morgan fingerprint density at radius 1 is 0.391 bits per heavy atom. The van der Waals surface area contributed by atoms with Crippen LogP contribution in [0.1, 0.15) is 25.0 Å². The van der Waals surface area contributed by atoms with Gasteiger partial charge in [0.1, 0.15) is 11.5 Å². The molecule has 0 atom stereocenters. The van der Waals surface area contributed by atoms with Gasteiger partial charge in [0, 0.05) is 49.6 Å². The molecule has 0 bridgehead atoms. The number of rotatable bonds is 6. The topological polar surface area (TPSA) is 17.4 Å². The number of aromatic nitrogens is 1. The van der Waals surface area contributed by atoms with Crippen molar-refractivity contribution in [3.8, 4) is 61.7 Å². The first kappa shape index (κ1) is 36.5. The van der Waals surface area contributed by atoms with Crippen LogP contribution < -0.4 is 9.64 Å². The maximum Gasteiger partial charge on any atom is 0.135 e. The fraction of sp³-hybridized carbons (Fsp3) is 0.0492. The van der Waals surface area contributed by atoms with E-state index in [0.717, 1.165) is 50.6 Å². The minimum atomic E-state index is -0.137. The van der Waals surface area contributed by atoms with Gasteiger partial charge in [0.25, 0.3) is 0 Å². The van der Waals surface area contributed by atoms with Crippen LogP contribution in [-0.4, -0.2) is 4.57 Å². The van der Waals surface area contributed by atoms with Crippen molar-refractivity contribution in [1.82, 2.24) is 4.57 Å². The monoisotopic (exact) mass is 818 g/mol. The fourth-order valence-corrected chi connectivity index (χ4v) is 10.7. The molecule has 0 N–H and O–H groups in total. The van der Waals surface area contributed by atoms with Gasteiger partial charge in [-0.15, -0.1) is 0 Å². The molecule has 64 heavy (non-hydrogen) atoms. The smallest absolute Gasteiger partial charge is 0.135 e. The molecule has 1 aromatic heterocycles. The molecule has 3 heteroatoms. The second-order valence-electron chi connectivity index (χ2n) is 17.7. The summed E-state index contributed by atoms with van der Waals surface area (Å²) >= 11 is 0. The first-order chi connectivity index (χ1) is 31.5. The predicted molar refractivity (Wildman–Crippen MR) is 267 cm³/mol. The Morgan fingerprint density at radius 2 is 1.00 bits per heavy atom. The highest BCUT2D eigenvalue weighted by Gasteiger charge is 2.36. The number of para-hydroxylation sites is 2. The van der Waals surface area contributed by atoms with E-state index in [9.17, 15) is 0 Å². The SMILES string of the molecule is CC1(C)c2ccccc2-c2ccc(N(c3ccc(-c4ccc5c(c4)c4ccccc4n5-c4ccc(-c5ccccc5)cc4)cc3)c3ccc4c5c(cccc35)Oc3ccccc3-4)cc21. The maximum atomic E-state index is 6.57. The lowest BCUT2D eigenvalue weighted by Gasteiger charge is -2.30. The van der Waals surface area contributed by atoms with E-state index in [1.807, 2.05) is 6.07 Å². The number of benzene rings is 10. The highest BCUT2D eigenvalue weighted by atomic mass is 16.5. The standard InChI is InChI=1S/C61H42N2O/c1-61(2)53-19-9-6-15-46(53)47-33-32-45(38-54(47)61)62(56-36-34-50-49-17-8-11-21-58(49)64-59-22-12-18-51(56)60(50)59)43-28-25-41(26-29-43)42-27-35-57-52(37-42)48-16-7-10-20-55(48)63(57)44-30-23-40(24-31-44)39-13-4-3-5-14-39/h3-38H,1-2H3. The minimum absolute atomic E-state index is 0.137. The van der Waals surface area contributed by atoms with Gasteiger partial charge in [0.15, 0.2) is 0 Å². The van der Waals surface area contributed by atoms with Gasteiger partial charge < -0.3 is 14.2 Å². The highest BCUT2D eigenvalue weighted by molar-refractivity contribution is 6.12. The maximum absolute atomic E-state index is 6.57. The van der Waals surface area contributed by atoms with E-state index in [0.29, 0.717) is 0 Å². The molecule has 0 unspecified atom stereocenters. The summed E-state index contributed by atoms with van der Waals surface area (Å²) in [6.07, 6.45) is 0. The summed E-state index contributed by atoms with van der Waals surface area (Å²) in [5.41, 5.74) is 19.2. The van der Waals surface area contributed by atoms with Gasteiger partial charge in [-0.05, 0) is 123 Å². The van der Waals surface area contributed by atoms with Crippen molar-refractivity contribution in [2.45, 2.75) is 19.3 Å². The number of nitrogens with zero attached hydrogens (tertiary/aromatic N) is 2. The zero-order valence-electron chi connectivity index (χ0n) is 35.6. The van der Waals surface area contributed by atoms with Gasteiger partial charge >= 0.3 is 0 Å². The Labute approximate surface area is 372 Å². The molecule has 1 aliphatic carbocycles. The third-order valence-electron chi connectivity index (χ3n) is 13.8. The Morgan fingerprint density at radius 3 is 1.86 bits per heavy atom. The van der Waals surface area contributed by atoms with Crippen LogP contribution >= 0.6 is 0 Å². The normalized spacial score (nSPS) is 13.1. The van der Waals surface area contributed by atoms with Crippen LogP contribution in [0.2, 0.25) is 0 Å². The first-order valence-electron chi connectivity index (χ1n) is 22.2. The Kier molecular flexibility index (Phi) is 7.95. The zero-order chi connectivity index (χ0) is 42.5. The van der Waals surface area contributed by atoms with E-state index in [1.54, 1.807) is 0 Å². The van der Waals surface area contributed by atoms with E-state index in [1.165, 1.54) is 71.9 Å². The second-order valence-corrected chi connectivity index (χ2v) is 17.7. The number of hydrogen-bond acceptors (Lipinski definition) is 2. The van der Waals surface area contributed by atoms with Crippen molar-refractivity contribution >= 4 is 49.6 Å². The fourth-order valence-electron chi connectivity index (χ4n) is 10.7. The molecule has 2 aliphatic rings. The van der Waals surface area contributed by atoms with Crippen LogP contribution in [0.5, 0.6) is 11.5 Å². The second kappa shape index (κ2) is 13.9. The largest absolute Gasteiger partial charge is 0.456 e. The van der Waals surface area contributed by atoms with Crippen LogP contribution in [0.3, 0.4) is 0 Å². The molecule has 0 amide bonds. The predicted octanol–water partition coefficient (Wildman–Crippen LogP) is 16.8. The van der Waals surface area contributed by atoms with Gasteiger partial charge in [0.2, 0.25) is 0 Å². The third-order valence-corrected chi connectivity index (χ3v) is 13.8. The van der Waals surface area contributed by atoms with Crippen molar-refractivity contribution in [3.05, 3.63) is 230 Å². The van der Waals surface area contributed by atoms with Crippen molar-refractivity contribution in [3.63, 3.8) is 0 Å². The minimum Gasteiger partial charge on any atom is -0.456 e. The van der Waals surface area contributed by atoms with E-state index in [-0.39, 0.29) is 5.41 Å². The zero-order valence-corrected chi connectivity index (χ0v) is 35.6. The highest BCUT2D eigenvalue weighted by Crippen LogP contribution is 2.53.